The van der Waals surface area contributed by atoms with Gasteiger partial charge in [0, 0.05) is 18.5 Å². The number of furan rings is 1. The topological polar surface area (TPSA) is 42.2 Å². The lowest BCUT2D eigenvalue weighted by atomic mass is 10.1. The van der Waals surface area contributed by atoms with Gasteiger partial charge in [0.1, 0.15) is 5.76 Å². The van der Waals surface area contributed by atoms with Crippen LogP contribution in [0.3, 0.4) is 0 Å². The molecule has 0 saturated heterocycles. The van der Waals surface area contributed by atoms with Gasteiger partial charge in [-0.3, -0.25) is 4.79 Å². The Kier molecular flexibility index (Phi) is 4.31. The molecule has 0 aliphatic carbocycles. The van der Waals surface area contributed by atoms with Gasteiger partial charge in [-0.2, -0.15) is 0 Å². The Bertz CT molecular complexity index is 486. The molecule has 2 aromatic rings. The summed E-state index contributed by atoms with van der Waals surface area (Å²) in [6, 6.07) is 11.4. The van der Waals surface area contributed by atoms with Gasteiger partial charge in [0.25, 0.3) is 0 Å². The summed E-state index contributed by atoms with van der Waals surface area (Å²) in [4.78, 5) is 11.9. The quantitative estimate of drug-likeness (QED) is 0.626. The van der Waals surface area contributed by atoms with Crippen molar-refractivity contribution >= 4 is 5.78 Å². The summed E-state index contributed by atoms with van der Waals surface area (Å²) in [6.45, 7) is 3.33. The van der Waals surface area contributed by atoms with Crippen molar-refractivity contribution < 1.29 is 9.21 Å². The van der Waals surface area contributed by atoms with Crippen LogP contribution in [0, 0.1) is 6.92 Å². The number of Topliss-reactive ketones (excluding diaryl/α,β-unsaturated/α-hetero) is 1. The van der Waals surface area contributed by atoms with Crippen molar-refractivity contribution in [2.45, 2.75) is 19.9 Å². The molecule has 0 fully saturated rings. The van der Waals surface area contributed by atoms with Crippen LogP contribution in [0.25, 0.3) is 0 Å². The van der Waals surface area contributed by atoms with Crippen molar-refractivity contribution in [1.82, 2.24) is 5.32 Å². The fourth-order valence-corrected chi connectivity index (χ4v) is 1.71. The van der Waals surface area contributed by atoms with E-state index >= 15 is 0 Å². The molecule has 1 aromatic carbocycles. The number of carbonyl (C=O) groups is 1. The fraction of sp³-hybridized carbons (Fsp3) is 0.267. The van der Waals surface area contributed by atoms with Gasteiger partial charge in [0.2, 0.25) is 0 Å². The van der Waals surface area contributed by atoms with Crippen LogP contribution in [0.5, 0.6) is 0 Å². The van der Waals surface area contributed by atoms with Crippen molar-refractivity contribution in [3.8, 4) is 0 Å². The number of ketones is 1. The molecule has 1 aromatic heterocycles. The highest BCUT2D eigenvalue weighted by atomic mass is 16.3. The second-order valence-electron chi connectivity index (χ2n) is 4.30. The maximum atomic E-state index is 11.9. The highest BCUT2D eigenvalue weighted by Gasteiger charge is 2.04. The first-order valence-corrected chi connectivity index (χ1v) is 6.08. The van der Waals surface area contributed by atoms with Crippen LogP contribution in [-0.4, -0.2) is 12.3 Å². The molecule has 94 valence electrons. The average Bonchev–Trinajstić information content (AvgIpc) is 2.88. The lowest BCUT2D eigenvalue weighted by Gasteiger charge is -2.03. The zero-order valence-corrected chi connectivity index (χ0v) is 10.5. The molecule has 0 unspecified atom stereocenters. The van der Waals surface area contributed by atoms with Gasteiger partial charge >= 0.3 is 0 Å². The van der Waals surface area contributed by atoms with Gasteiger partial charge in [-0.05, 0) is 19.1 Å². The summed E-state index contributed by atoms with van der Waals surface area (Å²) < 4.78 is 5.19. The van der Waals surface area contributed by atoms with Gasteiger partial charge in [-0.25, -0.2) is 0 Å². The van der Waals surface area contributed by atoms with Gasteiger partial charge in [0.15, 0.2) is 5.78 Å². The highest BCUT2D eigenvalue weighted by Crippen LogP contribution is 2.06. The van der Waals surface area contributed by atoms with E-state index in [1.807, 2.05) is 43.3 Å². The Morgan fingerprint density at radius 1 is 1.22 bits per heavy atom. The molecule has 1 N–H and O–H groups in total. The average molecular weight is 243 g/mol. The van der Waals surface area contributed by atoms with Crippen LogP contribution in [-0.2, 0) is 6.54 Å². The summed E-state index contributed by atoms with van der Waals surface area (Å²) in [7, 11) is 0. The van der Waals surface area contributed by atoms with Gasteiger partial charge in [-0.15, -0.1) is 0 Å². The van der Waals surface area contributed by atoms with E-state index < -0.39 is 0 Å². The normalized spacial score (nSPS) is 10.5. The number of carbonyl (C=O) groups excluding carboxylic acids is 1. The first-order chi connectivity index (χ1) is 8.75. The molecule has 1 heterocycles. The molecule has 0 aliphatic heterocycles. The third-order valence-corrected chi connectivity index (χ3v) is 2.78. The molecular formula is C15H17NO2. The fourth-order valence-electron chi connectivity index (χ4n) is 1.71. The number of benzene rings is 1. The molecule has 3 nitrogen and oxygen atoms in total. The summed E-state index contributed by atoms with van der Waals surface area (Å²) in [5.41, 5.74) is 1.95. The maximum absolute atomic E-state index is 11.9. The lowest BCUT2D eigenvalue weighted by molar-refractivity contribution is 0.0982. The third-order valence-electron chi connectivity index (χ3n) is 2.78. The van der Waals surface area contributed by atoms with E-state index in [4.69, 9.17) is 4.42 Å². The Labute approximate surface area is 107 Å². The minimum absolute atomic E-state index is 0.168. The largest absolute Gasteiger partial charge is 0.468 e. The molecule has 0 spiro atoms. The molecule has 0 atom stereocenters. The van der Waals surface area contributed by atoms with E-state index in [2.05, 4.69) is 5.32 Å². The van der Waals surface area contributed by atoms with Crippen LogP contribution in [0.1, 0.15) is 28.1 Å². The zero-order chi connectivity index (χ0) is 12.8. The number of aryl methyl sites for hydroxylation is 1. The first-order valence-electron chi connectivity index (χ1n) is 6.08. The van der Waals surface area contributed by atoms with Crippen molar-refractivity contribution in [3.63, 3.8) is 0 Å². The molecule has 0 aliphatic rings. The predicted molar refractivity (Wildman–Crippen MR) is 70.5 cm³/mol. The van der Waals surface area contributed by atoms with E-state index in [1.165, 1.54) is 5.56 Å². The molecule has 0 amide bonds. The maximum Gasteiger partial charge on any atom is 0.164 e. The summed E-state index contributed by atoms with van der Waals surface area (Å²) >= 11 is 0. The van der Waals surface area contributed by atoms with E-state index in [0.29, 0.717) is 19.5 Å². The van der Waals surface area contributed by atoms with Crippen molar-refractivity contribution in [1.29, 1.82) is 0 Å². The lowest BCUT2D eigenvalue weighted by Crippen LogP contribution is -2.17. The summed E-state index contributed by atoms with van der Waals surface area (Å²) in [5.74, 6) is 1.06. The second kappa shape index (κ2) is 6.17. The van der Waals surface area contributed by atoms with E-state index in [1.54, 1.807) is 6.26 Å². The molecule has 3 heteroatoms. The number of hydrogen-bond acceptors (Lipinski definition) is 3. The minimum atomic E-state index is 0.168. The number of rotatable bonds is 6. The predicted octanol–water partition coefficient (Wildman–Crippen LogP) is 2.95. The molecular weight excluding hydrogens is 226 g/mol. The standard InChI is InChI=1S/C15H17NO2/c1-12-4-6-13(7-5-12)15(17)8-9-16-11-14-3-2-10-18-14/h2-7,10,16H,8-9,11H2,1H3. The first kappa shape index (κ1) is 12.6. The molecule has 0 saturated carbocycles. The molecule has 0 radical (unpaired) electrons. The third kappa shape index (κ3) is 3.57. The van der Waals surface area contributed by atoms with Crippen LogP contribution in [0.2, 0.25) is 0 Å². The second-order valence-corrected chi connectivity index (χ2v) is 4.30. The highest BCUT2D eigenvalue weighted by molar-refractivity contribution is 5.96. The van der Waals surface area contributed by atoms with Crippen LogP contribution < -0.4 is 5.32 Å². The van der Waals surface area contributed by atoms with E-state index in [-0.39, 0.29) is 5.78 Å². The van der Waals surface area contributed by atoms with E-state index in [0.717, 1.165) is 11.3 Å². The van der Waals surface area contributed by atoms with Crippen LogP contribution >= 0.6 is 0 Å². The number of hydrogen-bond donors (Lipinski definition) is 1. The summed E-state index contributed by atoms with van der Waals surface area (Å²) in [5, 5.41) is 3.19. The SMILES string of the molecule is Cc1ccc(C(=O)CCNCc2ccco2)cc1. The van der Waals surface area contributed by atoms with Crippen molar-refractivity contribution in [3.05, 3.63) is 59.5 Å². The van der Waals surface area contributed by atoms with Crippen molar-refractivity contribution in [2.24, 2.45) is 0 Å². The molecule has 0 bridgehead atoms. The van der Waals surface area contributed by atoms with Crippen molar-refractivity contribution in [2.75, 3.05) is 6.54 Å². The Hall–Kier alpha value is -1.87. The Morgan fingerprint density at radius 2 is 2.00 bits per heavy atom. The Morgan fingerprint density at radius 3 is 2.67 bits per heavy atom. The van der Waals surface area contributed by atoms with Crippen LogP contribution in [0.15, 0.2) is 47.1 Å². The molecule has 2 rings (SSSR count). The Balaban J connectivity index is 1.73. The molecule has 18 heavy (non-hydrogen) atoms. The monoisotopic (exact) mass is 243 g/mol. The van der Waals surface area contributed by atoms with Gasteiger partial charge < -0.3 is 9.73 Å². The summed E-state index contributed by atoms with van der Waals surface area (Å²) in [6.07, 6.45) is 2.15. The van der Waals surface area contributed by atoms with Crippen LogP contribution in [0.4, 0.5) is 0 Å². The number of nitrogens with one attached hydrogen (secondary N) is 1. The minimum Gasteiger partial charge on any atom is -0.468 e. The van der Waals surface area contributed by atoms with Gasteiger partial charge in [0.05, 0.1) is 12.8 Å². The zero-order valence-electron chi connectivity index (χ0n) is 10.5. The smallest absolute Gasteiger partial charge is 0.164 e. The van der Waals surface area contributed by atoms with Gasteiger partial charge in [-0.1, -0.05) is 29.8 Å². The van der Waals surface area contributed by atoms with E-state index in [9.17, 15) is 4.79 Å².